The molecular formula is C16H19NO3S. The van der Waals surface area contributed by atoms with Crippen LogP contribution >= 0.6 is 11.3 Å². The summed E-state index contributed by atoms with van der Waals surface area (Å²) in [6.07, 6.45) is 1.02. The van der Waals surface area contributed by atoms with Gasteiger partial charge in [-0.25, -0.2) is 4.79 Å². The smallest absolute Gasteiger partial charge is 0.346 e. The minimum atomic E-state index is -0.826. The van der Waals surface area contributed by atoms with E-state index in [1.54, 1.807) is 0 Å². The third kappa shape index (κ3) is 2.81. The molecule has 1 saturated heterocycles. The lowest BCUT2D eigenvalue weighted by molar-refractivity contribution is -0.0126. The average Bonchev–Trinajstić information content (AvgIpc) is 2.87. The van der Waals surface area contributed by atoms with Crippen LogP contribution in [0.3, 0.4) is 0 Å². The van der Waals surface area contributed by atoms with Gasteiger partial charge in [0, 0.05) is 23.8 Å². The van der Waals surface area contributed by atoms with E-state index in [9.17, 15) is 9.90 Å². The highest BCUT2D eigenvalue weighted by Gasteiger charge is 2.25. The Morgan fingerprint density at radius 3 is 3.05 bits per heavy atom. The highest BCUT2D eigenvalue weighted by atomic mass is 32.1. The van der Waals surface area contributed by atoms with E-state index in [0.29, 0.717) is 17.5 Å². The molecule has 0 aliphatic carbocycles. The predicted octanol–water partition coefficient (Wildman–Crippen LogP) is 3.21. The summed E-state index contributed by atoms with van der Waals surface area (Å²) in [5.41, 5.74) is 0.948. The highest BCUT2D eigenvalue weighted by molar-refractivity contribution is 7.21. The standard InChI is InChI=1S/C16H19NO3S/c1-2-11-10-20-8-7-17(11)9-13-12-5-3-4-6-14(12)21-15(13)16(18)19/h3-6,11H,2,7-10H2,1H3,(H,18,19). The summed E-state index contributed by atoms with van der Waals surface area (Å²) in [6.45, 7) is 5.16. The van der Waals surface area contributed by atoms with Crippen LogP contribution in [0.25, 0.3) is 10.1 Å². The Labute approximate surface area is 127 Å². The topological polar surface area (TPSA) is 49.8 Å². The predicted molar refractivity (Wildman–Crippen MR) is 84.1 cm³/mol. The second kappa shape index (κ2) is 6.13. The first-order valence-corrected chi connectivity index (χ1v) is 8.07. The van der Waals surface area contributed by atoms with E-state index in [-0.39, 0.29) is 0 Å². The van der Waals surface area contributed by atoms with Gasteiger partial charge in [0.1, 0.15) is 4.88 Å². The average molecular weight is 305 g/mol. The van der Waals surface area contributed by atoms with Crippen LogP contribution in [0, 0.1) is 0 Å². The largest absolute Gasteiger partial charge is 0.477 e. The molecular weight excluding hydrogens is 286 g/mol. The summed E-state index contributed by atoms with van der Waals surface area (Å²) in [4.78, 5) is 14.4. The monoisotopic (exact) mass is 305 g/mol. The number of ether oxygens (including phenoxy) is 1. The third-order valence-corrected chi connectivity index (χ3v) is 5.28. The summed E-state index contributed by atoms with van der Waals surface area (Å²) in [6, 6.07) is 8.32. The van der Waals surface area contributed by atoms with Crippen LogP contribution in [0.15, 0.2) is 24.3 Å². The lowest BCUT2D eigenvalue weighted by Gasteiger charge is -2.35. The van der Waals surface area contributed by atoms with Crippen molar-refractivity contribution in [2.75, 3.05) is 19.8 Å². The SMILES string of the molecule is CCC1COCCN1Cc1c(C(=O)O)sc2ccccc12. The Morgan fingerprint density at radius 1 is 1.48 bits per heavy atom. The van der Waals surface area contributed by atoms with Crippen molar-refractivity contribution >= 4 is 27.4 Å². The number of hydrogen-bond donors (Lipinski definition) is 1. The maximum absolute atomic E-state index is 11.6. The zero-order valence-corrected chi connectivity index (χ0v) is 12.9. The molecule has 1 unspecified atom stereocenters. The maximum atomic E-state index is 11.6. The number of carboxylic acid groups (broad SMARTS) is 1. The summed E-state index contributed by atoms with van der Waals surface area (Å²) in [5, 5.41) is 10.6. The molecule has 1 atom stereocenters. The quantitative estimate of drug-likeness (QED) is 0.942. The molecule has 3 rings (SSSR count). The number of aromatic carboxylic acids is 1. The fraction of sp³-hybridized carbons (Fsp3) is 0.438. The molecule has 112 valence electrons. The van der Waals surface area contributed by atoms with Crippen molar-refractivity contribution in [1.82, 2.24) is 4.90 Å². The van der Waals surface area contributed by atoms with Gasteiger partial charge in [-0.2, -0.15) is 0 Å². The van der Waals surface area contributed by atoms with Gasteiger partial charge in [0.15, 0.2) is 0 Å². The van der Waals surface area contributed by atoms with Crippen molar-refractivity contribution in [2.45, 2.75) is 25.9 Å². The van der Waals surface area contributed by atoms with Gasteiger partial charge in [-0.15, -0.1) is 11.3 Å². The van der Waals surface area contributed by atoms with Gasteiger partial charge >= 0.3 is 5.97 Å². The van der Waals surface area contributed by atoms with E-state index in [4.69, 9.17) is 4.74 Å². The second-order valence-electron chi connectivity index (χ2n) is 5.32. The van der Waals surface area contributed by atoms with E-state index in [1.165, 1.54) is 11.3 Å². The Balaban J connectivity index is 1.98. The molecule has 0 bridgehead atoms. The highest BCUT2D eigenvalue weighted by Crippen LogP contribution is 2.33. The first-order valence-electron chi connectivity index (χ1n) is 7.26. The van der Waals surface area contributed by atoms with Gasteiger partial charge in [-0.05, 0) is 23.4 Å². The van der Waals surface area contributed by atoms with Crippen LogP contribution in [-0.2, 0) is 11.3 Å². The summed E-state index contributed by atoms with van der Waals surface area (Å²) in [5.74, 6) is -0.826. The molecule has 5 heteroatoms. The number of carboxylic acids is 1. The molecule has 1 N–H and O–H groups in total. The van der Waals surface area contributed by atoms with Crippen molar-refractivity contribution in [3.63, 3.8) is 0 Å². The molecule has 21 heavy (non-hydrogen) atoms. The molecule has 2 aromatic rings. The molecule has 0 spiro atoms. The molecule has 1 fully saturated rings. The number of carbonyl (C=O) groups is 1. The Morgan fingerprint density at radius 2 is 2.29 bits per heavy atom. The number of hydrogen-bond acceptors (Lipinski definition) is 4. The van der Waals surface area contributed by atoms with E-state index in [0.717, 1.165) is 41.8 Å². The fourth-order valence-electron chi connectivity index (χ4n) is 2.90. The number of fused-ring (bicyclic) bond motifs is 1. The van der Waals surface area contributed by atoms with Gasteiger partial charge < -0.3 is 9.84 Å². The number of thiophene rings is 1. The van der Waals surface area contributed by atoms with E-state index < -0.39 is 5.97 Å². The molecule has 2 heterocycles. The van der Waals surface area contributed by atoms with Crippen molar-refractivity contribution in [3.05, 3.63) is 34.7 Å². The van der Waals surface area contributed by atoms with Gasteiger partial charge in [0.05, 0.1) is 13.2 Å². The lowest BCUT2D eigenvalue weighted by Crippen LogP contribution is -2.44. The number of rotatable bonds is 4. The van der Waals surface area contributed by atoms with Crippen LogP contribution in [0.2, 0.25) is 0 Å². The number of morpholine rings is 1. The van der Waals surface area contributed by atoms with Gasteiger partial charge in [0.2, 0.25) is 0 Å². The normalized spacial score (nSPS) is 20.0. The minimum absolute atomic E-state index is 0.374. The summed E-state index contributed by atoms with van der Waals surface area (Å²) in [7, 11) is 0. The van der Waals surface area contributed by atoms with Crippen LogP contribution in [0.4, 0.5) is 0 Å². The Hall–Kier alpha value is -1.43. The Kier molecular flexibility index (Phi) is 4.24. The van der Waals surface area contributed by atoms with Gasteiger partial charge in [-0.1, -0.05) is 25.1 Å². The van der Waals surface area contributed by atoms with Gasteiger partial charge in [0.25, 0.3) is 0 Å². The first kappa shape index (κ1) is 14.5. The molecule has 0 amide bonds. The van der Waals surface area contributed by atoms with Crippen molar-refractivity contribution in [3.8, 4) is 0 Å². The van der Waals surface area contributed by atoms with Crippen molar-refractivity contribution in [2.24, 2.45) is 0 Å². The van der Waals surface area contributed by atoms with Crippen molar-refractivity contribution in [1.29, 1.82) is 0 Å². The second-order valence-corrected chi connectivity index (χ2v) is 6.37. The zero-order valence-electron chi connectivity index (χ0n) is 12.0. The minimum Gasteiger partial charge on any atom is -0.477 e. The van der Waals surface area contributed by atoms with E-state index >= 15 is 0 Å². The molecule has 4 nitrogen and oxygen atoms in total. The van der Waals surface area contributed by atoms with Crippen molar-refractivity contribution < 1.29 is 14.6 Å². The molecule has 1 aliphatic rings. The van der Waals surface area contributed by atoms with Crippen LogP contribution in [0.1, 0.15) is 28.6 Å². The van der Waals surface area contributed by atoms with Gasteiger partial charge in [-0.3, -0.25) is 4.90 Å². The number of benzene rings is 1. The van der Waals surface area contributed by atoms with E-state index in [1.807, 2.05) is 24.3 Å². The van der Waals surface area contributed by atoms with Crippen LogP contribution in [0.5, 0.6) is 0 Å². The zero-order chi connectivity index (χ0) is 14.8. The Bertz CT molecular complexity index is 652. The number of nitrogens with zero attached hydrogens (tertiary/aromatic N) is 1. The third-order valence-electron chi connectivity index (χ3n) is 4.07. The maximum Gasteiger partial charge on any atom is 0.346 e. The fourth-order valence-corrected chi connectivity index (χ4v) is 3.96. The first-order chi connectivity index (χ1) is 10.2. The molecule has 0 radical (unpaired) electrons. The molecule has 1 aliphatic heterocycles. The van der Waals surface area contributed by atoms with Crippen LogP contribution < -0.4 is 0 Å². The molecule has 0 saturated carbocycles. The van der Waals surface area contributed by atoms with E-state index in [2.05, 4.69) is 11.8 Å². The van der Waals surface area contributed by atoms with Crippen LogP contribution in [-0.4, -0.2) is 41.8 Å². The summed E-state index contributed by atoms with van der Waals surface area (Å²) >= 11 is 1.37. The lowest BCUT2D eigenvalue weighted by atomic mass is 10.1. The molecule has 1 aromatic heterocycles. The molecule has 1 aromatic carbocycles. The summed E-state index contributed by atoms with van der Waals surface area (Å²) < 4.78 is 6.58.